The van der Waals surface area contributed by atoms with E-state index in [0.717, 1.165) is 12.0 Å². The number of hydrogen-bond donors (Lipinski definition) is 2. The van der Waals surface area contributed by atoms with Gasteiger partial charge in [-0.05, 0) is 37.0 Å². The number of amides is 2. The number of carbonyl (C=O) groups excluding carboxylic acids is 2. The Bertz CT molecular complexity index is 540. The molecule has 114 valence electrons. The second-order valence-corrected chi connectivity index (χ2v) is 5.78. The Morgan fingerprint density at radius 2 is 2.19 bits per heavy atom. The standard InChI is InChI=1S/C16H22N2O3/c1-10(2)8-15(19)17-7-6-12-4-5-14-13(9-12)18-16(20)11(3)21-14/h4-5,9-11H,6-8H2,1-3H3,(H,17,19)(H,18,20). The molecule has 0 aliphatic carbocycles. The van der Waals surface area contributed by atoms with Crippen LogP contribution in [0.15, 0.2) is 18.2 Å². The first-order valence-electron chi connectivity index (χ1n) is 7.33. The summed E-state index contributed by atoms with van der Waals surface area (Å²) in [7, 11) is 0. The van der Waals surface area contributed by atoms with Gasteiger partial charge >= 0.3 is 0 Å². The maximum atomic E-state index is 11.6. The summed E-state index contributed by atoms with van der Waals surface area (Å²) in [6.07, 6.45) is 0.813. The van der Waals surface area contributed by atoms with Crippen molar-refractivity contribution in [2.75, 3.05) is 11.9 Å². The van der Waals surface area contributed by atoms with E-state index in [0.29, 0.717) is 30.3 Å². The van der Waals surface area contributed by atoms with Crippen molar-refractivity contribution in [3.05, 3.63) is 23.8 Å². The zero-order valence-electron chi connectivity index (χ0n) is 12.7. The Labute approximate surface area is 125 Å². The second kappa shape index (κ2) is 6.61. The first-order chi connectivity index (χ1) is 9.95. The van der Waals surface area contributed by atoms with Crippen LogP contribution in [0.2, 0.25) is 0 Å². The van der Waals surface area contributed by atoms with Crippen molar-refractivity contribution >= 4 is 17.5 Å². The van der Waals surface area contributed by atoms with E-state index in [1.165, 1.54) is 0 Å². The van der Waals surface area contributed by atoms with E-state index >= 15 is 0 Å². The van der Waals surface area contributed by atoms with Gasteiger partial charge in [0.2, 0.25) is 5.91 Å². The predicted octanol–water partition coefficient (Wildman–Crippen LogP) is 2.11. The van der Waals surface area contributed by atoms with Gasteiger partial charge in [-0.3, -0.25) is 9.59 Å². The highest BCUT2D eigenvalue weighted by atomic mass is 16.5. The van der Waals surface area contributed by atoms with Gasteiger partial charge in [0, 0.05) is 13.0 Å². The number of fused-ring (bicyclic) bond motifs is 1. The quantitative estimate of drug-likeness (QED) is 0.872. The third-order valence-corrected chi connectivity index (χ3v) is 3.30. The molecular weight excluding hydrogens is 268 g/mol. The fourth-order valence-corrected chi connectivity index (χ4v) is 2.20. The average Bonchev–Trinajstić information content (AvgIpc) is 2.39. The van der Waals surface area contributed by atoms with Crippen LogP contribution in [0, 0.1) is 5.92 Å². The predicted molar refractivity (Wildman–Crippen MR) is 81.3 cm³/mol. The first kappa shape index (κ1) is 15.4. The lowest BCUT2D eigenvalue weighted by Gasteiger charge is -2.23. The summed E-state index contributed by atoms with van der Waals surface area (Å²) in [6.45, 7) is 6.35. The van der Waals surface area contributed by atoms with Gasteiger partial charge in [0.25, 0.3) is 5.91 Å². The van der Waals surface area contributed by atoms with E-state index in [-0.39, 0.29) is 11.8 Å². The van der Waals surface area contributed by atoms with Crippen molar-refractivity contribution in [2.45, 2.75) is 39.7 Å². The van der Waals surface area contributed by atoms with Crippen LogP contribution in [-0.4, -0.2) is 24.5 Å². The van der Waals surface area contributed by atoms with E-state index in [1.54, 1.807) is 6.92 Å². The van der Waals surface area contributed by atoms with Gasteiger partial charge in [-0.15, -0.1) is 0 Å². The molecule has 0 radical (unpaired) electrons. The van der Waals surface area contributed by atoms with Gasteiger partial charge in [0.1, 0.15) is 5.75 Å². The molecule has 5 nitrogen and oxygen atoms in total. The van der Waals surface area contributed by atoms with E-state index in [9.17, 15) is 9.59 Å². The number of hydrogen-bond acceptors (Lipinski definition) is 3. The van der Waals surface area contributed by atoms with Crippen molar-refractivity contribution in [3.8, 4) is 5.75 Å². The molecule has 1 aliphatic heterocycles. The summed E-state index contributed by atoms with van der Waals surface area (Å²) in [5.41, 5.74) is 1.75. The van der Waals surface area contributed by atoms with E-state index in [4.69, 9.17) is 4.74 Å². The Kier molecular flexibility index (Phi) is 4.83. The van der Waals surface area contributed by atoms with Crippen molar-refractivity contribution in [3.63, 3.8) is 0 Å². The summed E-state index contributed by atoms with van der Waals surface area (Å²) in [5, 5.41) is 5.72. The lowest BCUT2D eigenvalue weighted by Crippen LogP contribution is -2.34. The highest BCUT2D eigenvalue weighted by Gasteiger charge is 2.23. The zero-order valence-corrected chi connectivity index (χ0v) is 12.7. The highest BCUT2D eigenvalue weighted by Crippen LogP contribution is 2.30. The average molecular weight is 290 g/mol. The van der Waals surface area contributed by atoms with Crippen molar-refractivity contribution in [1.82, 2.24) is 5.32 Å². The molecule has 1 unspecified atom stereocenters. The summed E-state index contributed by atoms with van der Waals surface area (Å²) < 4.78 is 5.50. The van der Waals surface area contributed by atoms with Crippen molar-refractivity contribution in [1.29, 1.82) is 0 Å². The molecule has 0 saturated carbocycles. The Hall–Kier alpha value is -2.04. The largest absolute Gasteiger partial charge is 0.479 e. The number of nitrogens with one attached hydrogen (secondary N) is 2. The lowest BCUT2D eigenvalue weighted by atomic mass is 10.1. The Morgan fingerprint density at radius 3 is 2.90 bits per heavy atom. The number of rotatable bonds is 5. The van der Waals surface area contributed by atoms with Crippen LogP contribution in [0.25, 0.3) is 0 Å². The molecule has 1 heterocycles. The molecule has 0 spiro atoms. The minimum absolute atomic E-state index is 0.0772. The molecule has 1 atom stereocenters. The first-order valence-corrected chi connectivity index (χ1v) is 7.33. The van der Waals surface area contributed by atoms with E-state index in [2.05, 4.69) is 10.6 Å². The molecular formula is C16H22N2O3. The fraction of sp³-hybridized carbons (Fsp3) is 0.500. The fourth-order valence-electron chi connectivity index (χ4n) is 2.20. The SMILES string of the molecule is CC(C)CC(=O)NCCc1ccc2c(c1)NC(=O)C(C)O2. The number of carbonyl (C=O) groups is 2. The molecule has 2 amide bonds. The van der Waals surface area contributed by atoms with Crippen LogP contribution in [0.4, 0.5) is 5.69 Å². The Balaban J connectivity index is 1.89. The van der Waals surface area contributed by atoms with Crippen molar-refractivity contribution < 1.29 is 14.3 Å². The summed E-state index contributed by atoms with van der Waals surface area (Å²) in [5.74, 6) is 0.996. The molecule has 2 N–H and O–H groups in total. The Morgan fingerprint density at radius 1 is 1.43 bits per heavy atom. The van der Waals surface area contributed by atoms with E-state index in [1.807, 2.05) is 32.0 Å². The number of ether oxygens (including phenoxy) is 1. The summed E-state index contributed by atoms with van der Waals surface area (Å²) in [6, 6.07) is 5.71. The number of benzene rings is 1. The molecule has 0 saturated heterocycles. The molecule has 1 aromatic rings. The summed E-state index contributed by atoms with van der Waals surface area (Å²) >= 11 is 0. The van der Waals surface area contributed by atoms with E-state index < -0.39 is 6.10 Å². The zero-order chi connectivity index (χ0) is 15.4. The van der Waals surface area contributed by atoms with Gasteiger partial charge in [-0.25, -0.2) is 0 Å². The molecule has 0 aromatic heterocycles. The van der Waals surface area contributed by atoms with Crippen LogP contribution < -0.4 is 15.4 Å². The van der Waals surface area contributed by atoms with Gasteiger partial charge in [-0.2, -0.15) is 0 Å². The van der Waals surface area contributed by atoms with Crippen molar-refractivity contribution in [2.24, 2.45) is 5.92 Å². The van der Waals surface area contributed by atoms with Crippen LogP contribution in [0.1, 0.15) is 32.8 Å². The minimum Gasteiger partial charge on any atom is -0.479 e. The van der Waals surface area contributed by atoms with Crippen LogP contribution in [0.3, 0.4) is 0 Å². The van der Waals surface area contributed by atoms with Gasteiger partial charge in [0.15, 0.2) is 6.10 Å². The maximum Gasteiger partial charge on any atom is 0.265 e. The monoisotopic (exact) mass is 290 g/mol. The third kappa shape index (κ3) is 4.21. The number of anilines is 1. The minimum atomic E-state index is -0.460. The maximum absolute atomic E-state index is 11.6. The van der Waals surface area contributed by atoms with Gasteiger partial charge in [-0.1, -0.05) is 19.9 Å². The highest BCUT2D eigenvalue weighted by molar-refractivity contribution is 5.97. The second-order valence-electron chi connectivity index (χ2n) is 5.78. The third-order valence-electron chi connectivity index (χ3n) is 3.30. The lowest BCUT2D eigenvalue weighted by molar-refractivity contribution is -0.123. The van der Waals surface area contributed by atoms with Gasteiger partial charge < -0.3 is 15.4 Å². The molecule has 0 fully saturated rings. The van der Waals surface area contributed by atoms with Crippen LogP contribution >= 0.6 is 0 Å². The molecule has 2 rings (SSSR count). The van der Waals surface area contributed by atoms with Crippen LogP contribution in [-0.2, 0) is 16.0 Å². The smallest absolute Gasteiger partial charge is 0.265 e. The normalized spacial score (nSPS) is 17.0. The summed E-state index contributed by atoms with van der Waals surface area (Å²) in [4.78, 5) is 23.1. The molecule has 1 aliphatic rings. The molecule has 21 heavy (non-hydrogen) atoms. The molecule has 1 aromatic carbocycles. The molecule has 5 heteroatoms. The van der Waals surface area contributed by atoms with Crippen LogP contribution in [0.5, 0.6) is 5.75 Å². The molecule has 0 bridgehead atoms. The topological polar surface area (TPSA) is 67.4 Å². The van der Waals surface area contributed by atoms with Gasteiger partial charge in [0.05, 0.1) is 5.69 Å².